The SMILES string of the molecule is CCOC(=O)c1ccc(Sc2ccc(CC(=O)O)cc2)c(N)c1. The Morgan fingerprint density at radius 2 is 1.87 bits per heavy atom. The summed E-state index contributed by atoms with van der Waals surface area (Å²) in [6, 6.07) is 12.3. The second kappa shape index (κ2) is 7.69. The first-order chi connectivity index (χ1) is 11.0. The number of anilines is 1. The normalized spacial score (nSPS) is 10.3. The summed E-state index contributed by atoms with van der Waals surface area (Å²) in [6.45, 7) is 2.07. The number of nitrogens with two attached hydrogens (primary N) is 1. The summed E-state index contributed by atoms with van der Waals surface area (Å²) in [7, 11) is 0. The highest BCUT2D eigenvalue weighted by Crippen LogP contribution is 2.32. The highest BCUT2D eigenvalue weighted by Gasteiger charge is 2.10. The summed E-state index contributed by atoms with van der Waals surface area (Å²) in [5, 5.41) is 8.76. The van der Waals surface area contributed by atoms with Crippen LogP contribution in [0.1, 0.15) is 22.8 Å². The van der Waals surface area contributed by atoms with Crippen molar-refractivity contribution >= 4 is 29.4 Å². The first kappa shape index (κ1) is 16.9. The molecule has 0 atom stereocenters. The quantitative estimate of drug-likeness (QED) is 0.624. The van der Waals surface area contributed by atoms with Crippen molar-refractivity contribution in [3.05, 3.63) is 53.6 Å². The topological polar surface area (TPSA) is 89.6 Å². The Kier molecular flexibility index (Phi) is 5.65. The first-order valence-corrected chi connectivity index (χ1v) is 7.86. The van der Waals surface area contributed by atoms with Crippen LogP contribution in [0.5, 0.6) is 0 Å². The van der Waals surface area contributed by atoms with Gasteiger partial charge in [0, 0.05) is 15.5 Å². The lowest BCUT2D eigenvalue weighted by molar-refractivity contribution is -0.136. The molecule has 6 heteroatoms. The molecule has 5 nitrogen and oxygen atoms in total. The molecule has 0 saturated heterocycles. The zero-order valence-corrected chi connectivity index (χ0v) is 13.4. The lowest BCUT2D eigenvalue weighted by Crippen LogP contribution is -2.05. The molecule has 2 aromatic carbocycles. The van der Waals surface area contributed by atoms with Crippen LogP contribution in [0.4, 0.5) is 5.69 Å². The third-order valence-electron chi connectivity index (χ3n) is 3.03. The fourth-order valence-corrected chi connectivity index (χ4v) is 2.80. The Hall–Kier alpha value is -2.47. The third-order valence-corrected chi connectivity index (χ3v) is 4.13. The fraction of sp³-hybridized carbons (Fsp3) is 0.176. The lowest BCUT2D eigenvalue weighted by Gasteiger charge is -2.08. The predicted octanol–water partition coefficient (Wildman–Crippen LogP) is 3.22. The van der Waals surface area contributed by atoms with Crippen molar-refractivity contribution in [2.45, 2.75) is 23.1 Å². The first-order valence-electron chi connectivity index (χ1n) is 7.05. The van der Waals surface area contributed by atoms with E-state index in [0.29, 0.717) is 17.9 Å². The average Bonchev–Trinajstić information content (AvgIpc) is 2.51. The molecule has 0 bridgehead atoms. The molecule has 0 aliphatic rings. The number of esters is 1. The number of rotatable bonds is 6. The van der Waals surface area contributed by atoms with Crippen molar-refractivity contribution in [3.8, 4) is 0 Å². The summed E-state index contributed by atoms with van der Waals surface area (Å²) in [4.78, 5) is 24.1. The molecular formula is C17H17NO4S. The van der Waals surface area contributed by atoms with E-state index < -0.39 is 11.9 Å². The highest BCUT2D eigenvalue weighted by molar-refractivity contribution is 7.99. The van der Waals surface area contributed by atoms with Crippen molar-refractivity contribution in [1.82, 2.24) is 0 Å². The molecule has 2 rings (SSSR count). The number of carbonyl (C=O) groups excluding carboxylic acids is 1. The maximum Gasteiger partial charge on any atom is 0.338 e. The van der Waals surface area contributed by atoms with E-state index in [-0.39, 0.29) is 6.42 Å². The summed E-state index contributed by atoms with van der Waals surface area (Å²) in [6.07, 6.45) is 0.00131. The molecule has 0 radical (unpaired) electrons. The third kappa shape index (κ3) is 4.75. The Bertz CT molecular complexity index is 713. The van der Waals surface area contributed by atoms with E-state index in [1.807, 2.05) is 12.1 Å². The van der Waals surface area contributed by atoms with Gasteiger partial charge in [0.1, 0.15) is 0 Å². The van der Waals surface area contributed by atoms with Crippen LogP contribution in [0.25, 0.3) is 0 Å². The molecule has 2 aromatic rings. The van der Waals surface area contributed by atoms with Crippen molar-refractivity contribution in [2.75, 3.05) is 12.3 Å². The zero-order chi connectivity index (χ0) is 16.8. The minimum Gasteiger partial charge on any atom is -0.481 e. The zero-order valence-electron chi connectivity index (χ0n) is 12.6. The van der Waals surface area contributed by atoms with Crippen LogP contribution in [0.2, 0.25) is 0 Å². The summed E-state index contributed by atoms with van der Waals surface area (Å²) >= 11 is 1.45. The minimum absolute atomic E-state index is 0.00131. The largest absolute Gasteiger partial charge is 0.481 e. The van der Waals surface area contributed by atoms with Gasteiger partial charge in [0.05, 0.1) is 18.6 Å². The van der Waals surface area contributed by atoms with Gasteiger partial charge in [-0.1, -0.05) is 23.9 Å². The Balaban J connectivity index is 2.11. The standard InChI is InChI=1S/C17H17NO4S/c1-2-22-17(21)12-5-8-15(14(18)10-12)23-13-6-3-11(4-7-13)9-16(19)20/h3-8,10H,2,9,18H2,1H3,(H,19,20). The van der Waals surface area contributed by atoms with Crippen LogP contribution in [0.3, 0.4) is 0 Å². The van der Waals surface area contributed by atoms with Gasteiger partial charge in [-0.2, -0.15) is 0 Å². The molecule has 120 valence electrons. The van der Waals surface area contributed by atoms with Crippen LogP contribution in [0.15, 0.2) is 52.3 Å². The van der Waals surface area contributed by atoms with Crippen LogP contribution in [0, 0.1) is 0 Å². The Morgan fingerprint density at radius 1 is 1.17 bits per heavy atom. The molecule has 0 aliphatic heterocycles. The van der Waals surface area contributed by atoms with E-state index in [4.69, 9.17) is 15.6 Å². The maximum absolute atomic E-state index is 11.7. The second-order valence-corrected chi connectivity index (χ2v) is 5.90. The van der Waals surface area contributed by atoms with Gasteiger partial charge < -0.3 is 15.6 Å². The van der Waals surface area contributed by atoms with E-state index in [1.165, 1.54) is 11.8 Å². The number of benzene rings is 2. The molecule has 0 aliphatic carbocycles. The van der Waals surface area contributed by atoms with Gasteiger partial charge >= 0.3 is 11.9 Å². The molecule has 3 N–H and O–H groups in total. The smallest absolute Gasteiger partial charge is 0.338 e. The fourth-order valence-electron chi connectivity index (χ4n) is 1.96. The molecule has 0 aromatic heterocycles. The van der Waals surface area contributed by atoms with Gasteiger partial charge in [-0.3, -0.25) is 4.79 Å². The number of aliphatic carboxylic acids is 1. The molecule has 0 fully saturated rings. The monoisotopic (exact) mass is 331 g/mol. The number of hydrogen-bond donors (Lipinski definition) is 2. The van der Waals surface area contributed by atoms with Gasteiger partial charge in [0.25, 0.3) is 0 Å². The van der Waals surface area contributed by atoms with E-state index >= 15 is 0 Å². The average molecular weight is 331 g/mol. The number of carbonyl (C=O) groups is 2. The summed E-state index contributed by atoms with van der Waals surface area (Å²) in [5.41, 5.74) is 7.65. The molecule has 0 spiro atoms. The van der Waals surface area contributed by atoms with Crippen LogP contribution in [-0.2, 0) is 16.0 Å². The molecule has 0 unspecified atom stereocenters. The van der Waals surface area contributed by atoms with E-state index in [1.54, 1.807) is 37.3 Å². The number of ether oxygens (including phenoxy) is 1. The molecule has 23 heavy (non-hydrogen) atoms. The van der Waals surface area contributed by atoms with Crippen molar-refractivity contribution in [1.29, 1.82) is 0 Å². The molecule has 0 saturated carbocycles. The number of hydrogen-bond acceptors (Lipinski definition) is 5. The lowest BCUT2D eigenvalue weighted by atomic mass is 10.2. The highest BCUT2D eigenvalue weighted by atomic mass is 32.2. The van der Waals surface area contributed by atoms with Gasteiger partial charge in [-0.25, -0.2) is 4.79 Å². The minimum atomic E-state index is -0.857. The summed E-state index contributed by atoms with van der Waals surface area (Å²) in [5.74, 6) is -1.25. The number of carboxylic acids is 1. The van der Waals surface area contributed by atoms with Gasteiger partial charge in [0.2, 0.25) is 0 Å². The number of carboxylic acid groups (broad SMARTS) is 1. The maximum atomic E-state index is 11.7. The predicted molar refractivity (Wildman–Crippen MR) is 88.7 cm³/mol. The number of nitrogen functional groups attached to an aromatic ring is 1. The van der Waals surface area contributed by atoms with Crippen LogP contribution >= 0.6 is 11.8 Å². The molecular weight excluding hydrogens is 314 g/mol. The van der Waals surface area contributed by atoms with E-state index in [9.17, 15) is 9.59 Å². The van der Waals surface area contributed by atoms with Gasteiger partial charge in [0.15, 0.2) is 0 Å². The van der Waals surface area contributed by atoms with Crippen LogP contribution in [-0.4, -0.2) is 23.7 Å². The summed E-state index contributed by atoms with van der Waals surface area (Å²) < 4.78 is 4.94. The van der Waals surface area contributed by atoms with E-state index in [0.717, 1.165) is 15.4 Å². The van der Waals surface area contributed by atoms with E-state index in [2.05, 4.69) is 0 Å². The van der Waals surface area contributed by atoms with Crippen LogP contribution < -0.4 is 5.73 Å². The Morgan fingerprint density at radius 3 is 2.43 bits per heavy atom. The van der Waals surface area contributed by atoms with Crippen molar-refractivity contribution in [2.24, 2.45) is 0 Å². The van der Waals surface area contributed by atoms with Gasteiger partial charge in [-0.15, -0.1) is 0 Å². The van der Waals surface area contributed by atoms with Crippen molar-refractivity contribution < 1.29 is 19.4 Å². The Labute approximate surface area is 138 Å². The van der Waals surface area contributed by atoms with Crippen molar-refractivity contribution in [3.63, 3.8) is 0 Å². The molecule has 0 amide bonds. The second-order valence-electron chi connectivity index (χ2n) is 4.79. The van der Waals surface area contributed by atoms with Gasteiger partial charge in [-0.05, 0) is 42.8 Å². The molecule has 0 heterocycles.